The van der Waals surface area contributed by atoms with Crippen LogP contribution in [0.1, 0.15) is 30.6 Å². The van der Waals surface area contributed by atoms with Gasteiger partial charge < -0.3 is 20.5 Å². The number of nitrogens with one attached hydrogen (secondary N) is 1. The molecule has 0 aliphatic carbocycles. The second-order valence-electron chi connectivity index (χ2n) is 5.09. The molecule has 2 amide bonds. The van der Waals surface area contributed by atoms with Crippen molar-refractivity contribution in [3.05, 3.63) is 35.9 Å². The minimum atomic E-state index is -1.41. The van der Waals surface area contributed by atoms with Crippen LogP contribution in [0.25, 0.3) is 0 Å². The van der Waals surface area contributed by atoms with Gasteiger partial charge in [0.1, 0.15) is 6.04 Å². The molecular weight excluding hydrogens is 328 g/mol. The first-order valence-corrected chi connectivity index (χ1v) is 7.88. The molecule has 0 aliphatic heterocycles. The molecule has 0 aliphatic rings. The fraction of sp³-hybridized carbons (Fsp3) is 0.412. The highest BCUT2D eigenvalue weighted by Gasteiger charge is 2.37. The number of carbonyl (C=O) groups is 4. The van der Waals surface area contributed by atoms with Crippen LogP contribution in [-0.2, 0) is 23.9 Å². The molecule has 3 N–H and O–H groups in total. The summed E-state index contributed by atoms with van der Waals surface area (Å²) in [5, 5.41) is 2.40. The van der Waals surface area contributed by atoms with E-state index in [0.29, 0.717) is 0 Å². The first kappa shape index (κ1) is 20.1. The Balaban J connectivity index is 3.01. The van der Waals surface area contributed by atoms with Gasteiger partial charge in [0, 0.05) is 5.56 Å². The predicted octanol–water partition coefficient (Wildman–Crippen LogP) is 0.403. The molecule has 0 aromatic heterocycles. The van der Waals surface area contributed by atoms with E-state index >= 15 is 0 Å². The Labute approximate surface area is 145 Å². The Morgan fingerprint density at radius 2 is 1.64 bits per heavy atom. The van der Waals surface area contributed by atoms with Gasteiger partial charge in [-0.3, -0.25) is 19.2 Å². The number of carbonyl (C=O) groups excluding carboxylic acids is 4. The van der Waals surface area contributed by atoms with E-state index in [1.807, 2.05) is 0 Å². The van der Waals surface area contributed by atoms with Crippen LogP contribution in [0.3, 0.4) is 0 Å². The number of benzene rings is 1. The van der Waals surface area contributed by atoms with Gasteiger partial charge in [0.15, 0.2) is 0 Å². The monoisotopic (exact) mass is 350 g/mol. The number of hydrogen-bond donors (Lipinski definition) is 2. The highest BCUT2D eigenvalue weighted by Crippen LogP contribution is 2.14. The summed E-state index contributed by atoms with van der Waals surface area (Å²) in [6.45, 7) is 3.36. The zero-order valence-corrected chi connectivity index (χ0v) is 14.2. The molecule has 25 heavy (non-hydrogen) atoms. The molecule has 0 radical (unpaired) electrons. The molecule has 0 fully saturated rings. The third kappa shape index (κ3) is 6.25. The lowest BCUT2D eigenvalue weighted by atomic mass is 9.95. The lowest BCUT2D eigenvalue weighted by molar-refractivity contribution is -0.156. The summed E-state index contributed by atoms with van der Waals surface area (Å²) in [4.78, 5) is 48.0. The topological polar surface area (TPSA) is 125 Å². The summed E-state index contributed by atoms with van der Waals surface area (Å²) in [5.41, 5.74) is 5.62. The molecule has 0 bridgehead atoms. The second-order valence-corrected chi connectivity index (χ2v) is 5.09. The number of esters is 2. The molecule has 2 atom stereocenters. The van der Waals surface area contributed by atoms with Gasteiger partial charge in [-0.15, -0.1) is 0 Å². The zero-order chi connectivity index (χ0) is 18.8. The maximum atomic E-state index is 12.3. The van der Waals surface area contributed by atoms with E-state index in [2.05, 4.69) is 5.32 Å². The minimum Gasteiger partial charge on any atom is -0.466 e. The van der Waals surface area contributed by atoms with E-state index in [-0.39, 0.29) is 18.8 Å². The standard InChI is InChI=1S/C17H22N2O6/c1-3-24-13(20)10-12(17(23)25-4-2)14(15(18)21)19-16(22)11-8-6-5-7-9-11/h5-9,12,14H,3-4,10H2,1-2H3,(H2,18,21)(H,19,22)/t12-,14-/m1/s1. The van der Waals surface area contributed by atoms with Crippen LogP contribution in [0.15, 0.2) is 30.3 Å². The largest absolute Gasteiger partial charge is 0.466 e. The van der Waals surface area contributed by atoms with Crippen LogP contribution >= 0.6 is 0 Å². The van der Waals surface area contributed by atoms with Gasteiger partial charge in [-0.2, -0.15) is 0 Å². The maximum absolute atomic E-state index is 12.3. The van der Waals surface area contributed by atoms with Crippen LogP contribution in [0.5, 0.6) is 0 Å². The van der Waals surface area contributed by atoms with E-state index < -0.39 is 42.1 Å². The lowest BCUT2D eigenvalue weighted by Crippen LogP contribution is -2.52. The summed E-state index contributed by atoms with van der Waals surface area (Å²) in [5.74, 6) is -4.33. The fourth-order valence-electron chi connectivity index (χ4n) is 2.17. The van der Waals surface area contributed by atoms with E-state index in [0.717, 1.165) is 0 Å². The van der Waals surface area contributed by atoms with Gasteiger partial charge in [-0.05, 0) is 26.0 Å². The molecule has 0 saturated heterocycles. The molecule has 8 nitrogen and oxygen atoms in total. The lowest BCUT2D eigenvalue weighted by Gasteiger charge is -2.23. The fourth-order valence-corrected chi connectivity index (χ4v) is 2.17. The molecule has 1 aromatic rings. The quantitative estimate of drug-likeness (QED) is 0.621. The first-order valence-electron chi connectivity index (χ1n) is 7.88. The average molecular weight is 350 g/mol. The van der Waals surface area contributed by atoms with Gasteiger partial charge in [-0.25, -0.2) is 0 Å². The number of hydrogen-bond acceptors (Lipinski definition) is 6. The molecular formula is C17H22N2O6. The Morgan fingerprint density at radius 1 is 1.04 bits per heavy atom. The highest BCUT2D eigenvalue weighted by molar-refractivity contribution is 5.99. The van der Waals surface area contributed by atoms with E-state index in [1.165, 1.54) is 12.1 Å². The summed E-state index contributed by atoms with van der Waals surface area (Å²) < 4.78 is 9.70. The second kappa shape index (κ2) is 10.1. The summed E-state index contributed by atoms with van der Waals surface area (Å²) in [6.07, 6.45) is -0.435. The van der Waals surface area contributed by atoms with Gasteiger partial charge in [-0.1, -0.05) is 18.2 Å². The van der Waals surface area contributed by atoms with E-state index in [9.17, 15) is 19.2 Å². The number of amides is 2. The van der Waals surface area contributed by atoms with Crippen LogP contribution in [0, 0.1) is 5.92 Å². The molecule has 0 spiro atoms. The Hall–Kier alpha value is -2.90. The Bertz CT molecular complexity index is 617. The van der Waals surface area contributed by atoms with Crippen molar-refractivity contribution in [1.82, 2.24) is 5.32 Å². The number of rotatable bonds is 9. The van der Waals surface area contributed by atoms with E-state index in [4.69, 9.17) is 15.2 Å². The Kier molecular flexibility index (Phi) is 8.11. The maximum Gasteiger partial charge on any atom is 0.312 e. The van der Waals surface area contributed by atoms with Crippen LogP contribution in [-0.4, -0.2) is 43.0 Å². The summed E-state index contributed by atoms with van der Waals surface area (Å²) >= 11 is 0. The van der Waals surface area contributed by atoms with Crippen molar-refractivity contribution in [2.24, 2.45) is 11.7 Å². The zero-order valence-electron chi connectivity index (χ0n) is 14.2. The molecule has 1 aromatic carbocycles. The SMILES string of the molecule is CCOC(=O)C[C@@H](C(=O)OCC)[C@@H](NC(=O)c1ccccc1)C(N)=O. The van der Waals surface area contributed by atoms with Crippen molar-refractivity contribution in [3.63, 3.8) is 0 Å². The highest BCUT2D eigenvalue weighted by atomic mass is 16.5. The third-order valence-electron chi connectivity index (χ3n) is 3.31. The van der Waals surface area contributed by atoms with Gasteiger partial charge in [0.25, 0.3) is 5.91 Å². The smallest absolute Gasteiger partial charge is 0.312 e. The van der Waals surface area contributed by atoms with Crippen molar-refractivity contribution in [2.45, 2.75) is 26.3 Å². The number of nitrogens with two attached hydrogens (primary N) is 1. The van der Waals surface area contributed by atoms with Crippen LogP contribution in [0.2, 0.25) is 0 Å². The van der Waals surface area contributed by atoms with Gasteiger partial charge in [0.2, 0.25) is 5.91 Å². The van der Waals surface area contributed by atoms with E-state index in [1.54, 1.807) is 32.0 Å². The summed E-state index contributed by atoms with van der Waals surface area (Å²) in [7, 11) is 0. The first-order chi connectivity index (χ1) is 11.9. The molecule has 136 valence electrons. The Morgan fingerprint density at radius 3 is 2.16 bits per heavy atom. The van der Waals surface area contributed by atoms with Crippen LogP contribution < -0.4 is 11.1 Å². The van der Waals surface area contributed by atoms with Gasteiger partial charge >= 0.3 is 11.9 Å². The molecule has 0 heterocycles. The predicted molar refractivity (Wildman–Crippen MR) is 88.3 cm³/mol. The minimum absolute atomic E-state index is 0.0519. The van der Waals surface area contributed by atoms with Crippen molar-refractivity contribution in [1.29, 1.82) is 0 Å². The normalized spacial score (nSPS) is 12.6. The van der Waals surface area contributed by atoms with Crippen LogP contribution in [0.4, 0.5) is 0 Å². The molecule has 8 heteroatoms. The average Bonchev–Trinajstić information content (AvgIpc) is 2.58. The number of ether oxygens (including phenoxy) is 2. The number of primary amides is 1. The van der Waals surface area contributed by atoms with Crippen molar-refractivity contribution < 1.29 is 28.7 Å². The van der Waals surface area contributed by atoms with Gasteiger partial charge in [0.05, 0.1) is 25.6 Å². The third-order valence-corrected chi connectivity index (χ3v) is 3.31. The van der Waals surface area contributed by atoms with Crippen molar-refractivity contribution >= 4 is 23.8 Å². The summed E-state index contributed by atoms with van der Waals surface area (Å²) in [6, 6.07) is 6.70. The molecule has 0 unspecified atom stereocenters. The van der Waals surface area contributed by atoms with Crippen molar-refractivity contribution in [3.8, 4) is 0 Å². The van der Waals surface area contributed by atoms with Crippen molar-refractivity contribution in [2.75, 3.05) is 13.2 Å². The molecule has 1 rings (SSSR count). The molecule has 0 saturated carbocycles.